The van der Waals surface area contributed by atoms with Gasteiger partial charge in [0.05, 0.1) is 0 Å². The first-order valence-electron chi connectivity index (χ1n) is 5.01. The Labute approximate surface area is 92.7 Å². The minimum absolute atomic E-state index is 0.351. The van der Waals surface area contributed by atoms with E-state index in [9.17, 15) is 4.79 Å². The summed E-state index contributed by atoms with van der Waals surface area (Å²) in [6.45, 7) is 1.36. The van der Waals surface area contributed by atoms with Crippen molar-refractivity contribution in [2.75, 3.05) is 0 Å². The van der Waals surface area contributed by atoms with Crippen LogP contribution in [0.25, 0.3) is 10.4 Å². The molecule has 0 saturated heterocycles. The van der Waals surface area contributed by atoms with Crippen LogP contribution in [0.5, 0.6) is 0 Å². The topological polar surface area (TPSA) is 75.1 Å². The predicted octanol–water partition coefficient (Wildman–Crippen LogP) is 2.53. The van der Waals surface area contributed by atoms with E-state index < -0.39 is 6.04 Å². The van der Waals surface area contributed by atoms with Gasteiger partial charge in [-0.2, -0.15) is 0 Å². The van der Waals surface area contributed by atoms with Crippen LogP contribution in [0, 0.1) is 0 Å². The SMILES string of the molecule is CC(=O)OC1Cc2ccccc2C1N=[N+]=[N-]. The predicted molar refractivity (Wildman–Crippen MR) is 57.6 cm³/mol. The molecule has 1 aliphatic carbocycles. The first-order chi connectivity index (χ1) is 7.72. The van der Waals surface area contributed by atoms with Gasteiger partial charge in [0.15, 0.2) is 0 Å². The first kappa shape index (κ1) is 10.5. The van der Waals surface area contributed by atoms with Crippen LogP contribution in [0.2, 0.25) is 0 Å². The Hall–Kier alpha value is -2.00. The second kappa shape index (κ2) is 4.24. The van der Waals surface area contributed by atoms with E-state index in [0.717, 1.165) is 11.1 Å². The van der Waals surface area contributed by atoms with Crippen LogP contribution in [-0.4, -0.2) is 12.1 Å². The van der Waals surface area contributed by atoms with Crippen molar-refractivity contribution < 1.29 is 9.53 Å². The van der Waals surface area contributed by atoms with E-state index in [1.54, 1.807) is 0 Å². The Morgan fingerprint density at radius 3 is 3.00 bits per heavy atom. The lowest BCUT2D eigenvalue weighted by Gasteiger charge is -2.15. The van der Waals surface area contributed by atoms with Crippen molar-refractivity contribution in [1.82, 2.24) is 0 Å². The molecule has 0 saturated carbocycles. The Kier molecular flexibility index (Phi) is 2.79. The van der Waals surface area contributed by atoms with Gasteiger partial charge in [-0.05, 0) is 16.7 Å². The van der Waals surface area contributed by atoms with Crippen molar-refractivity contribution in [2.45, 2.75) is 25.5 Å². The van der Waals surface area contributed by atoms with Crippen molar-refractivity contribution >= 4 is 5.97 Å². The molecule has 1 aromatic rings. The van der Waals surface area contributed by atoms with Gasteiger partial charge in [-0.1, -0.05) is 29.4 Å². The quantitative estimate of drug-likeness (QED) is 0.330. The molecular weight excluding hydrogens is 206 g/mol. The summed E-state index contributed by atoms with van der Waals surface area (Å²) in [5, 5.41) is 3.70. The molecule has 0 spiro atoms. The van der Waals surface area contributed by atoms with Crippen LogP contribution < -0.4 is 0 Å². The Morgan fingerprint density at radius 1 is 1.56 bits per heavy atom. The molecular formula is C11H11N3O2. The lowest BCUT2D eigenvalue weighted by atomic mass is 10.1. The molecule has 2 rings (SSSR count). The fraction of sp³-hybridized carbons (Fsp3) is 0.364. The molecule has 0 radical (unpaired) electrons. The number of esters is 1. The maximum Gasteiger partial charge on any atom is 0.302 e. The van der Waals surface area contributed by atoms with E-state index in [2.05, 4.69) is 10.0 Å². The number of azide groups is 1. The van der Waals surface area contributed by atoms with Gasteiger partial charge >= 0.3 is 5.97 Å². The molecule has 5 nitrogen and oxygen atoms in total. The van der Waals surface area contributed by atoms with E-state index in [0.29, 0.717) is 6.42 Å². The standard InChI is InChI=1S/C11H11N3O2/c1-7(15)16-10-6-8-4-2-3-5-9(8)11(10)13-14-12/h2-5,10-11H,6H2,1H3. The van der Waals surface area contributed by atoms with Gasteiger partial charge in [0.2, 0.25) is 0 Å². The van der Waals surface area contributed by atoms with Crippen molar-refractivity contribution in [3.63, 3.8) is 0 Å². The zero-order valence-electron chi connectivity index (χ0n) is 8.83. The van der Waals surface area contributed by atoms with Gasteiger partial charge in [-0.3, -0.25) is 4.79 Å². The Balaban J connectivity index is 2.33. The molecule has 5 heteroatoms. The molecule has 0 amide bonds. The zero-order chi connectivity index (χ0) is 11.5. The Bertz CT molecular complexity index is 466. The number of carbonyl (C=O) groups excluding carboxylic acids is 1. The highest BCUT2D eigenvalue weighted by Crippen LogP contribution is 2.36. The van der Waals surface area contributed by atoms with Crippen LogP contribution in [-0.2, 0) is 16.0 Å². The molecule has 0 bridgehead atoms. The van der Waals surface area contributed by atoms with Gasteiger partial charge in [-0.25, -0.2) is 0 Å². The van der Waals surface area contributed by atoms with E-state index in [1.165, 1.54) is 6.92 Å². The largest absolute Gasteiger partial charge is 0.461 e. The minimum Gasteiger partial charge on any atom is -0.461 e. The maximum atomic E-state index is 10.9. The van der Waals surface area contributed by atoms with Crippen LogP contribution in [0.1, 0.15) is 24.1 Å². The lowest BCUT2D eigenvalue weighted by molar-refractivity contribution is -0.146. The summed E-state index contributed by atoms with van der Waals surface area (Å²) in [5.74, 6) is -0.351. The molecule has 2 unspecified atom stereocenters. The third-order valence-electron chi connectivity index (χ3n) is 2.64. The number of rotatable bonds is 2. The number of fused-ring (bicyclic) bond motifs is 1. The highest BCUT2D eigenvalue weighted by Gasteiger charge is 2.33. The summed E-state index contributed by atoms with van der Waals surface area (Å²) >= 11 is 0. The summed E-state index contributed by atoms with van der Waals surface area (Å²) in [5.41, 5.74) is 10.5. The first-order valence-corrected chi connectivity index (χ1v) is 5.01. The minimum atomic E-state index is -0.398. The summed E-state index contributed by atoms with van der Waals surface area (Å²) in [7, 11) is 0. The van der Waals surface area contributed by atoms with Gasteiger partial charge in [0, 0.05) is 18.3 Å². The van der Waals surface area contributed by atoms with Crippen LogP contribution in [0.4, 0.5) is 0 Å². The average Bonchev–Trinajstić information content (AvgIpc) is 2.57. The molecule has 0 fully saturated rings. The highest BCUT2D eigenvalue weighted by molar-refractivity contribution is 5.66. The number of ether oxygens (including phenoxy) is 1. The molecule has 2 atom stereocenters. The smallest absolute Gasteiger partial charge is 0.302 e. The molecule has 0 aromatic heterocycles. The van der Waals surface area contributed by atoms with Crippen molar-refractivity contribution in [3.05, 3.63) is 45.8 Å². The summed E-state index contributed by atoms with van der Waals surface area (Å²) in [4.78, 5) is 13.8. The van der Waals surface area contributed by atoms with E-state index in [1.807, 2.05) is 24.3 Å². The second-order valence-corrected chi connectivity index (χ2v) is 3.70. The highest BCUT2D eigenvalue weighted by atomic mass is 16.5. The molecule has 0 N–H and O–H groups in total. The van der Waals surface area contributed by atoms with E-state index in [-0.39, 0.29) is 12.1 Å². The van der Waals surface area contributed by atoms with Crippen LogP contribution >= 0.6 is 0 Å². The lowest BCUT2D eigenvalue weighted by Crippen LogP contribution is -2.19. The third kappa shape index (κ3) is 1.85. The van der Waals surface area contributed by atoms with Gasteiger partial charge in [0.25, 0.3) is 0 Å². The van der Waals surface area contributed by atoms with E-state index in [4.69, 9.17) is 10.3 Å². The molecule has 0 aliphatic heterocycles. The molecule has 16 heavy (non-hydrogen) atoms. The zero-order valence-corrected chi connectivity index (χ0v) is 8.83. The summed E-state index contributed by atoms with van der Waals surface area (Å²) in [6, 6.07) is 7.26. The fourth-order valence-corrected chi connectivity index (χ4v) is 2.05. The number of carbonyl (C=O) groups is 1. The molecule has 0 heterocycles. The van der Waals surface area contributed by atoms with Gasteiger partial charge in [0.1, 0.15) is 12.1 Å². The van der Waals surface area contributed by atoms with Crippen molar-refractivity contribution in [3.8, 4) is 0 Å². The van der Waals surface area contributed by atoms with E-state index >= 15 is 0 Å². The van der Waals surface area contributed by atoms with Gasteiger partial charge < -0.3 is 4.74 Å². The van der Waals surface area contributed by atoms with Crippen LogP contribution in [0.15, 0.2) is 29.4 Å². The monoisotopic (exact) mass is 217 g/mol. The number of hydrogen-bond donors (Lipinski definition) is 0. The Morgan fingerprint density at radius 2 is 2.31 bits per heavy atom. The van der Waals surface area contributed by atoms with Crippen LogP contribution in [0.3, 0.4) is 0 Å². The average molecular weight is 217 g/mol. The van der Waals surface area contributed by atoms with Crippen molar-refractivity contribution in [2.24, 2.45) is 5.11 Å². The normalized spacial score (nSPS) is 22.1. The number of nitrogens with zero attached hydrogens (tertiary/aromatic N) is 3. The third-order valence-corrected chi connectivity index (χ3v) is 2.64. The fourth-order valence-electron chi connectivity index (χ4n) is 2.05. The number of benzene rings is 1. The van der Waals surface area contributed by atoms with Gasteiger partial charge in [-0.15, -0.1) is 0 Å². The summed E-state index contributed by atoms with van der Waals surface area (Å²) < 4.78 is 5.16. The van der Waals surface area contributed by atoms with Crippen molar-refractivity contribution in [1.29, 1.82) is 0 Å². The molecule has 82 valence electrons. The molecule has 1 aromatic carbocycles. The number of hydrogen-bond acceptors (Lipinski definition) is 3. The summed E-state index contributed by atoms with van der Waals surface area (Å²) in [6.07, 6.45) is 0.241. The second-order valence-electron chi connectivity index (χ2n) is 3.70. The molecule has 1 aliphatic rings. The maximum absolute atomic E-state index is 10.9.